The van der Waals surface area contributed by atoms with Crippen LogP contribution in [0.3, 0.4) is 0 Å². The molecule has 1 aliphatic rings. The minimum Gasteiger partial charge on any atom is -0.496 e. The zero-order valence-electron chi connectivity index (χ0n) is 14.4. The monoisotopic (exact) mass is 355 g/mol. The second kappa shape index (κ2) is 7.50. The molecule has 0 unspecified atom stereocenters. The molecule has 2 rings (SSSR count). The first-order valence-electron chi connectivity index (χ1n) is 8.08. The van der Waals surface area contributed by atoms with Crippen LogP contribution in [0, 0.1) is 0 Å². The molecule has 1 amide bonds. The summed E-state index contributed by atoms with van der Waals surface area (Å²) in [6, 6.07) is 4.36. The highest BCUT2D eigenvalue weighted by atomic mass is 32.2. The Morgan fingerprint density at radius 3 is 2.54 bits per heavy atom. The second-order valence-corrected chi connectivity index (χ2v) is 7.69. The summed E-state index contributed by atoms with van der Waals surface area (Å²) in [6.07, 6.45) is 0.742. The van der Waals surface area contributed by atoms with Crippen LogP contribution in [0.25, 0.3) is 0 Å². The molecular weight excluding hydrogens is 330 g/mol. The number of hydrogen-bond donors (Lipinski definition) is 1. The molecule has 134 valence electrons. The van der Waals surface area contributed by atoms with Crippen LogP contribution in [0.1, 0.15) is 30.6 Å². The predicted molar refractivity (Wildman–Crippen MR) is 91.6 cm³/mol. The number of benzene rings is 1. The van der Waals surface area contributed by atoms with Gasteiger partial charge < -0.3 is 15.4 Å². The Bertz CT molecular complexity index is 701. The summed E-state index contributed by atoms with van der Waals surface area (Å²) in [6.45, 7) is 5.33. The minimum atomic E-state index is -3.63. The Morgan fingerprint density at radius 2 is 2.04 bits per heavy atom. The van der Waals surface area contributed by atoms with E-state index < -0.39 is 10.0 Å². The molecule has 0 bridgehead atoms. The van der Waals surface area contributed by atoms with Gasteiger partial charge in [-0.05, 0) is 24.6 Å². The highest BCUT2D eigenvalue weighted by Gasteiger charge is 2.29. The number of nitrogens with two attached hydrogens (primary N) is 1. The molecule has 8 heteroatoms. The van der Waals surface area contributed by atoms with Gasteiger partial charge in [0.1, 0.15) is 5.75 Å². The maximum absolute atomic E-state index is 12.7. The van der Waals surface area contributed by atoms with Crippen LogP contribution in [0.5, 0.6) is 5.75 Å². The summed E-state index contributed by atoms with van der Waals surface area (Å²) >= 11 is 0. The van der Waals surface area contributed by atoms with Crippen molar-refractivity contribution in [3.63, 3.8) is 0 Å². The number of hydrogen-bond acceptors (Lipinski definition) is 5. The molecule has 1 saturated heterocycles. The van der Waals surface area contributed by atoms with Gasteiger partial charge in [-0.3, -0.25) is 4.79 Å². The van der Waals surface area contributed by atoms with Gasteiger partial charge in [0, 0.05) is 32.2 Å². The lowest BCUT2D eigenvalue weighted by molar-refractivity contribution is 0.0787. The van der Waals surface area contributed by atoms with Crippen molar-refractivity contribution in [3.05, 3.63) is 23.8 Å². The summed E-state index contributed by atoms with van der Waals surface area (Å²) in [5.41, 5.74) is 6.11. The van der Waals surface area contributed by atoms with E-state index in [-0.39, 0.29) is 22.4 Å². The first-order chi connectivity index (χ1) is 11.3. The fourth-order valence-electron chi connectivity index (χ4n) is 2.87. The van der Waals surface area contributed by atoms with E-state index >= 15 is 0 Å². The maximum Gasteiger partial charge on any atom is 0.257 e. The van der Waals surface area contributed by atoms with Crippen LogP contribution in [-0.4, -0.2) is 62.9 Å². The Morgan fingerprint density at radius 1 is 1.38 bits per heavy atom. The number of methoxy groups -OCH3 is 1. The van der Waals surface area contributed by atoms with Gasteiger partial charge in [0.25, 0.3) is 5.91 Å². The Balaban J connectivity index is 2.43. The van der Waals surface area contributed by atoms with E-state index in [1.54, 1.807) is 18.7 Å². The van der Waals surface area contributed by atoms with Crippen molar-refractivity contribution in [1.82, 2.24) is 9.21 Å². The van der Waals surface area contributed by atoms with Crippen molar-refractivity contribution in [1.29, 1.82) is 0 Å². The molecule has 1 heterocycles. The van der Waals surface area contributed by atoms with Gasteiger partial charge in [0.2, 0.25) is 10.0 Å². The summed E-state index contributed by atoms with van der Waals surface area (Å²) in [7, 11) is -2.18. The highest BCUT2D eigenvalue weighted by molar-refractivity contribution is 7.89. The standard InChI is InChI=1S/C16H25N3O4S/c1-4-19(5-2)24(21,22)13-6-7-15(23-3)14(10-13)16(20)18-9-8-12(17)11-18/h6-7,10,12H,4-5,8-9,11,17H2,1-3H3/t12-/m1/s1. The van der Waals surface area contributed by atoms with Gasteiger partial charge in [-0.25, -0.2) is 8.42 Å². The number of nitrogens with zero attached hydrogens (tertiary/aromatic N) is 2. The van der Waals surface area contributed by atoms with Crippen molar-refractivity contribution < 1.29 is 17.9 Å². The van der Waals surface area contributed by atoms with E-state index in [0.717, 1.165) is 6.42 Å². The predicted octanol–water partition coefficient (Wildman–Crippen LogP) is 0.899. The van der Waals surface area contributed by atoms with E-state index in [2.05, 4.69) is 0 Å². The fourth-order valence-corrected chi connectivity index (χ4v) is 4.35. The van der Waals surface area contributed by atoms with Crippen LogP contribution < -0.4 is 10.5 Å². The van der Waals surface area contributed by atoms with Gasteiger partial charge >= 0.3 is 0 Å². The normalized spacial score (nSPS) is 18.2. The largest absolute Gasteiger partial charge is 0.496 e. The molecule has 2 N–H and O–H groups in total. The van der Waals surface area contributed by atoms with E-state index in [1.807, 2.05) is 0 Å². The van der Waals surface area contributed by atoms with Crippen molar-refractivity contribution in [3.8, 4) is 5.75 Å². The molecule has 1 fully saturated rings. The first-order valence-corrected chi connectivity index (χ1v) is 9.52. The lowest BCUT2D eigenvalue weighted by Gasteiger charge is -2.21. The Hall–Kier alpha value is -1.64. The average molecular weight is 355 g/mol. The quantitative estimate of drug-likeness (QED) is 0.818. The molecule has 1 aromatic carbocycles. The molecule has 0 radical (unpaired) electrons. The molecule has 0 aromatic heterocycles. The number of carbonyl (C=O) groups excluding carboxylic acids is 1. The minimum absolute atomic E-state index is 0.0393. The van der Waals surface area contributed by atoms with Crippen LogP contribution in [0.4, 0.5) is 0 Å². The van der Waals surface area contributed by atoms with E-state index in [1.165, 1.54) is 29.6 Å². The third-order valence-corrected chi connectivity index (χ3v) is 6.30. The van der Waals surface area contributed by atoms with E-state index in [9.17, 15) is 13.2 Å². The smallest absolute Gasteiger partial charge is 0.257 e. The summed E-state index contributed by atoms with van der Waals surface area (Å²) in [5.74, 6) is 0.107. The van der Waals surface area contributed by atoms with E-state index in [0.29, 0.717) is 31.9 Å². The molecule has 0 aliphatic carbocycles. The summed E-state index contributed by atoms with van der Waals surface area (Å²) < 4.78 is 32.0. The first kappa shape index (κ1) is 18.7. The van der Waals surface area contributed by atoms with Gasteiger partial charge in [-0.1, -0.05) is 13.8 Å². The van der Waals surface area contributed by atoms with Crippen molar-refractivity contribution in [2.45, 2.75) is 31.2 Å². The molecule has 1 aliphatic heterocycles. The van der Waals surface area contributed by atoms with Gasteiger partial charge in [0.15, 0.2) is 0 Å². The molecule has 0 saturated carbocycles. The lowest BCUT2D eigenvalue weighted by Crippen LogP contribution is -2.33. The second-order valence-electron chi connectivity index (χ2n) is 5.75. The number of carbonyl (C=O) groups is 1. The fraction of sp³-hybridized carbons (Fsp3) is 0.562. The third-order valence-electron chi connectivity index (χ3n) is 4.26. The van der Waals surface area contributed by atoms with E-state index in [4.69, 9.17) is 10.5 Å². The lowest BCUT2D eigenvalue weighted by atomic mass is 10.1. The molecule has 1 atom stereocenters. The number of rotatable bonds is 6. The van der Waals surface area contributed by atoms with Crippen LogP contribution in [0.2, 0.25) is 0 Å². The van der Waals surface area contributed by atoms with Crippen LogP contribution >= 0.6 is 0 Å². The molecule has 0 spiro atoms. The van der Waals surface area contributed by atoms with Gasteiger partial charge in [-0.15, -0.1) is 0 Å². The van der Waals surface area contributed by atoms with Crippen LogP contribution in [-0.2, 0) is 10.0 Å². The van der Waals surface area contributed by atoms with Crippen molar-refractivity contribution in [2.75, 3.05) is 33.3 Å². The third kappa shape index (κ3) is 3.55. The van der Waals surface area contributed by atoms with Gasteiger partial charge in [0.05, 0.1) is 17.6 Å². The van der Waals surface area contributed by atoms with Crippen molar-refractivity contribution in [2.24, 2.45) is 5.73 Å². The molecule has 7 nitrogen and oxygen atoms in total. The Labute approximate surface area is 143 Å². The number of ether oxygens (including phenoxy) is 1. The highest BCUT2D eigenvalue weighted by Crippen LogP contribution is 2.26. The SMILES string of the molecule is CCN(CC)S(=O)(=O)c1ccc(OC)c(C(=O)N2CC[C@@H](N)C2)c1. The zero-order valence-corrected chi connectivity index (χ0v) is 15.2. The summed E-state index contributed by atoms with van der Waals surface area (Å²) in [5, 5.41) is 0. The molecule has 24 heavy (non-hydrogen) atoms. The van der Waals surface area contributed by atoms with Crippen LogP contribution in [0.15, 0.2) is 23.1 Å². The molecule has 1 aromatic rings. The summed E-state index contributed by atoms with van der Waals surface area (Å²) in [4.78, 5) is 14.5. The van der Waals surface area contributed by atoms with Gasteiger partial charge in [-0.2, -0.15) is 4.31 Å². The average Bonchev–Trinajstić information content (AvgIpc) is 3.00. The van der Waals surface area contributed by atoms with Crippen molar-refractivity contribution >= 4 is 15.9 Å². The zero-order chi connectivity index (χ0) is 17.9. The topological polar surface area (TPSA) is 92.9 Å². The maximum atomic E-state index is 12.7. The molecular formula is C16H25N3O4S. The number of amides is 1. The Kier molecular flexibility index (Phi) is 5.84. The number of likely N-dealkylation sites (tertiary alicyclic amines) is 1. The number of sulfonamides is 1.